The van der Waals surface area contributed by atoms with Crippen LogP contribution in [0, 0.1) is 28.6 Å². The highest BCUT2D eigenvalue weighted by Gasteiger charge is 2.77. The number of hydrogen-bond acceptors (Lipinski definition) is 5. The smallest absolute Gasteiger partial charge is 0.349 e. The summed E-state index contributed by atoms with van der Waals surface area (Å²) in [4.78, 5) is 35.1. The molecule has 0 aromatic carbocycles. The first-order valence-electron chi connectivity index (χ1n) is 10.6. The van der Waals surface area contributed by atoms with Gasteiger partial charge in [-0.25, -0.2) is 9.18 Å². The Morgan fingerprint density at radius 1 is 1.26 bits per heavy atom. The first kappa shape index (κ1) is 22.5. The van der Waals surface area contributed by atoms with E-state index in [0.717, 1.165) is 0 Å². The van der Waals surface area contributed by atoms with Gasteiger partial charge in [-0.05, 0) is 48.8 Å². The Hall–Kier alpha value is -1.73. The van der Waals surface area contributed by atoms with Crippen molar-refractivity contribution in [3.63, 3.8) is 0 Å². The predicted molar refractivity (Wildman–Crippen MR) is 110 cm³/mol. The zero-order valence-electron chi connectivity index (χ0n) is 18.0. The molecular weight excluding hydrogens is 427 g/mol. The zero-order chi connectivity index (χ0) is 23.1. The minimum Gasteiger partial charge on any atom is -0.478 e. The Balaban J connectivity index is 1.89. The molecule has 170 valence electrons. The molecule has 4 aliphatic carbocycles. The molecular formula is C23H28ClFO6. The maximum atomic E-state index is 15.4. The van der Waals surface area contributed by atoms with Crippen molar-refractivity contribution in [2.24, 2.45) is 28.6 Å². The fraction of sp³-hybridized carbons (Fsp3) is 0.696. The number of alkyl halides is 2. The van der Waals surface area contributed by atoms with Crippen molar-refractivity contribution in [2.45, 2.75) is 69.7 Å². The monoisotopic (exact) mass is 454 g/mol. The van der Waals surface area contributed by atoms with E-state index in [2.05, 4.69) is 0 Å². The number of aliphatic hydroxyl groups is 1. The second-order valence-corrected chi connectivity index (χ2v) is 10.8. The summed E-state index contributed by atoms with van der Waals surface area (Å²) < 4.78 is 21.0. The van der Waals surface area contributed by atoms with Crippen LogP contribution in [0.5, 0.6) is 0 Å². The summed E-state index contributed by atoms with van der Waals surface area (Å²) in [5.74, 6) is -3.85. The van der Waals surface area contributed by atoms with E-state index >= 15 is 4.39 Å². The van der Waals surface area contributed by atoms with E-state index in [4.69, 9.17) is 16.3 Å². The number of rotatable bonds is 2. The molecule has 0 aromatic heterocycles. The molecule has 0 aliphatic heterocycles. The van der Waals surface area contributed by atoms with Gasteiger partial charge in [-0.3, -0.25) is 9.59 Å². The van der Waals surface area contributed by atoms with Gasteiger partial charge < -0.3 is 14.9 Å². The molecule has 0 amide bonds. The number of fused-ring (bicyclic) bond motifs is 5. The van der Waals surface area contributed by atoms with Crippen LogP contribution in [0.2, 0.25) is 0 Å². The van der Waals surface area contributed by atoms with Gasteiger partial charge in [0.1, 0.15) is 6.17 Å². The molecule has 0 saturated heterocycles. The number of esters is 1. The van der Waals surface area contributed by atoms with Gasteiger partial charge in [-0.15, -0.1) is 11.6 Å². The van der Waals surface area contributed by atoms with Crippen LogP contribution in [0.25, 0.3) is 0 Å². The minimum atomic E-state index is -1.84. The first-order valence-corrected chi connectivity index (χ1v) is 11.0. The molecule has 0 radical (unpaired) electrons. The molecule has 0 heterocycles. The molecule has 9 atom stereocenters. The summed E-state index contributed by atoms with van der Waals surface area (Å²) in [6.45, 7) is 6.32. The summed E-state index contributed by atoms with van der Waals surface area (Å²) in [5.41, 5.74) is -3.84. The molecule has 0 spiro atoms. The van der Waals surface area contributed by atoms with Crippen LogP contribution in [0.3, 0.4) is 0 Å². The summed E-state index contributed by atoms with van der Waals surface area (Å²) in [7, 11) is 0. The molecule has 8 heteroatoms. The summed E-state index contributed by atoms with van der Waals surface area (Å²) in [6, 6.07) is 0. The van der Waals surface area contributed by atoms with Crippen molar-refractivity contribution < 1.29 is 33.7 Å². The van der Waals surface area contributed by atoms with Crippen LogP contribution < -0.4 is 0 Å². The number of hydrogen-bond donors (Lipinski definition) is 2. The number of carboxylic acid groups (broad SMARTS) is 1. The third kappa shape index (κ3) is 2.50. The van der Waals surface area contributed by atoms with Crippen molar-refractivity contribution in [1.29, 1.82) is 0 Å². The Labute approximate surface area is 185 Å². The highest BCUT2D eigenvalue weighted by molar-refractivity contribution is 6.26. The lowest BCUT2D eigenvalue weighted by atomic mass is 9.45. The van der Waals surface area contributed by atoms with Gasteiger partial charge in [-0.2, -0.15) is 0 Å². The van der Waals surface area contributed by atoms with E-state index in [1.165, 1.54) is 19.1 Å². The van der Waals surface area contributed by atoms with Gasteiger partial charge in [-0.1, -0.05) is 26.8 Å². The standard InChI is InChI=1S/C23H28ClFO6/c1-11-7-14-15-9-17(25)16-8-13(27)5-6-20(16,3)22(15,24)18(28)10-21(14,4)23(11,19(29)30)31-12(2)26/h5-6,8,11,14-15,17-18,28H,7,9-10H2,1-4H3,(H,29,30)/t11-,14-,15-,17-,18-,20-,21-,22-,23-/m0/s1. The van der Waals surface area contributed by atoms with Crippen molar-refractivity contribution in [2.75, 3.05) is 0 Å². The number of carbonyl (C=O) groups excluding carboxylic acids is 2. The molecule has 3 fully saturated rings. The fourth-order valence-electron chi connectivity index (χ4n) is 7.47. The van der Waals surface area contributed by atoms with Gasteiger partial charge >= 0.3 is 11.9 Å². The van der Waals surface area contributed by atoms with E-state index in [1.807, 2.05) is 0 Å². The number of carbonyl (C=O) groups is 3. The third-order valence-corrected chi connectivity index (χ3v) is 9.72. The summed E-state index contributed by atoms with van der Waals surface area (Å²) in [6.07, 6.45) is 1.84. The zero-order valence-corrected chi connectivity index (χ0v) is 18.8. The van der Waals surface area contributed by atoms with Crippen LogP contribution in [-0.2, 0) is 19.1 Å². The van der Waals surface area contributed by atoms with Crippen molar-refractivity contribution in [3.05, 3.63) is 23.8 Å². The lowest BCUT2D eigenvalue weighted by molar-refractivity contribution is -0.212. The van der Waals surface area contributed by atoms with E-state index in [-0.39, 0.29) is 24.2 Å². The highest BCUT2D eigenvalue weighted by atomic mass is 35.5. The SMILES string of the molecule is CC(=O)O[C@]1(C(=O)O)[C@@H](C)C[C@H]2[C@@H]3C[C@H](F)C4=CC(=O)C=C[C@]4(C)[C@@]3(Cl)[C@@H](O)C[C@@]21C. The summed E-state index contributed by atoms with van der Waals surface area (Å²) >= 11 is 7.23. The van der Waals surface area contributed by atoms with Crippen LogP contribution in [0.1, 0.15) is 47.0 Å². The minimum absolute atomic E-state index is 0.0246. The van der Waals surface area contributed by atoms with E-state index < -0.39 is 63.3 Å². The molecule has 0 aromatic rings. The van der Waals surface area contributed by atoms with Gasteiger partial charge in [0.2, 0.25) is 5.60 Å². The van der Waals surface area contributed by atoms with E-state index in [9.17, 15) is 24.6 Å². The number of halogens is 2. The normalized spacial score (nSPS) is 50.7. The molecule has 2 N–H and O–H groups in total. The third-order valence-electron chi connectivity index (χ3n) is 8.79. The average Bonchev–Trinajstić information content (AvgIpc) is 2.87. The Morgan fingerprint density at radius 3 is 2.48 bits per heavy atom. The van der Waals surface area contributed by atoms with Crippen LogP contribution >= 0.6 is 11.6 Å². The molecule has 4 aliphatic rings. The maximum Gasteiger partial charge on any atom is 0.349 e. The maximum absolute atomic E-state index is 15.4. The number of allylic oxidation sites excluding steroid dienone is 4. The van der Waals surface area contributed by atoms with Crippen molar-refractivity contribution in [3.8, 4) is 0 Å². The van der Waals surface area contributed by atoms with E-state index in [0.29, 0.717) is 6.42 Å². The number of carboxylic acids is 1. The first-order chi connectivity index (χ1) is 14.3. The number of aliphatic hydroxyl groups excluding tert-OH is 1. The van der Waals surface area contributed by atoms with Gasteiger partial charge in [0.15, 0.2) is 5.78 Å². The predicted octanol–water partition coefficient (Wildman–Crippen LogP) is 3.21. The van der Waals surface area contributed by atoms with Crippen molar-refractivity contribution >= 4 is 29.3 Å². The van der Waals surface area contributed by atoms with Gasteiger partial charge in [0.05, 0.1) is 11.0 Å². The highest BCUT2D eigenvalue weighted by Crippen LogP contribution is 2.72. The number of ether oxygens (including phenoxy) is 1. The van der Waals surface area contributed by atoms with Crippen LogP contribution in [0.4, 0.5) is 4.39 Å². The Bertz CT molecular complexity index is 931. The van der Waals surface area contributed by atoms with Gasteiger partial charge in [0.25, 0.3) is 0 Å². The topological polar surface area (TPSA) is 101 Å². The quantitative estimate of drug-likeness (QED) is 0.491. The van der Waals surface area contributed by atoms with E-state index in [1.54, 1.807) is 26.8 Å². The molecule has 0 bridgehead atoms. The van der Waals surface area contributed by atoms with Crippen LogP contribution in [0.15, 0.2) is 23.8 Å². The second-order valence-electron chi connectivity index (χ2n) is 10.1. The summed E-state index contributed by atoms with van der Waals surface area (Å²) in [5, 5.41) is 21.7. The lowest BCUT2D eigenvalue weighted by Gasteiger charge is -2.64. The largest absolute Gasteiger partial charge is 0.478 e. The Morgan fingerprint density at radius 2 is 1.90 bits per heavy atom. The average molecular weight is 455 g/mol. The molecule has 4 rings (SSSR count). The van der Waals surface area contributed by atoms with Crippen LogP contribution in [-0.4, -0.2) is 50.7 Å². The molecule has 0 unspecified atom stereocenters. The fourth-order valence-corrected chi connectivity index (χ4v) is 7.96. The van der Waals surface area contributed by atoms with Gasteiger partial charge in [0, 0.05) is 23.7 Å². The molecule has 3 saturated carbocycles. The second kappa shape index (κ2) is 6.64. The lowest BCUT2D eigenvalue weighted by Crippen LogP contribution is -2.70. The van der Waals surface area contributed by atoms with Crippen molar-refractivity contribution in [1.82, 2.24) is 0 Å². The Kier molecular flexibility index (Phi) is 4.81. The molecule has 6 nitrogen and oxygen atoms in total. The number of ketones is 1. The molecule has 31 heavy (non-hydrogen) atoms. The number of aliphatic carboxylic acids is 1.